The lowest BCUT2D eigenvalue weighted by Gasteiger charge is -2.55. The average molecular weight is 326 g/mol. The summed E-state index contributed by atoms with van der Waals surface area (Å²) in [5.41, 5.74) is 2.12. The van der Waals surface area contributed by atoms with Crippen LogP contribution in [0.2, 0.25) is 5.02 Å². The summed E-state index contributed by atoms with van der Waals surface area (Å²) in [7, 11) is 0. The zero-order valence-corrected chi connectivity index (χ0v) is 13.7. The smallest absolute Gasteiger partial charge is 0.228 e. The van der Waals surface area contributed by atoms with Crippen molar-refractivity contribution < 1.29 is 4.79 Å². The Hall–Kier alpha value is -1.80. The first kappa shape index (κ1) is 14.8. The third kappa shape index (κ3) is 2.55. The van der Waals surface area contributed by atoms with Crippen molar-refractivity contribution in [2.24, 2.45) is 17.8 Å². The van der Waals surface area contributed by atoms with Crippen molar-refractivity contribution in [3.8, 4) is 0 Å². The molecule has 4 rings (SSSR count). The largest absolute Gasteiger partial charge is 0.325 e. The summed E-state index contributed by atoms with van der Waals surface area (Å²) < 4.78 is 0. The average Bonchev–Trinajstić information content (AvgIpc) is 2.58. The highest BCUT2D eigenvalue weighted by Crippen LogP contribution is 2.60. The molecule has 0 saturated heterocycles. The number of nitrogens with one attached hydrogen (secondary N) is 1. The molecule has 2 aliphatic carbocycles. The first-order valence-electron chi connectivity index (χ1n) is 8.36. The molecule has 2 unspecified atom stereocenters. The summed E-state index contributed by atoms with van der Waals surface area (Å²) in [6.45, 7) is 0. The van der Waals surface area contributed by atoms with E-state index in [1.165, 1.54) is 12.0 Å². The number of para-hydroxylation sites is 1. The van der Waals surface area contributed by atoms with Crippen LogP contribution >= 0.6 is 11.6 Å². The molecule has 3 heteroatoms. The lowest BCUT2D eigenvalue weighted by atomic mass is 9.48. The number of rotatable bonds is 3. The van der Waals surface area contributed by atoms with Gasteiger partial charge < -0.3 is 5.32 Å². The van der Waals surface area contributed by atoms with Gasteiger partial charge in [0, 0.05) is 5.92 Å². The maximum absolute atomic E-state index is 12.8. The van der Waals surface area contributed by atoms with Crippen LogP contribution in [0.5, 0.6) is 0 Å². The predicted octanol–water partition coefficient (Wildman–Crippen LogP) is 5.11. The van der Waals surface area contributed by atoms with Crippen molar-refractivity contribution in [1.29, 1.82) is 0 Å². The fraction of sp³-hybridized carbons (Fsp3) is 0.350. The minimum absolute atomic E-state index is 0.130. The molecule has 2 fully saturated rings. The number of hydrogen-bond acceptors (Lipinski definition) is 1. The van der Waals surface area contributed by atoms with Crippen LogP contribution in [-0.4, -0.2) is 5.91 Å². The number of carbonyl (C=O) groups excluding carboxylic acids is 1. The molecule has 0 spiro atoms. The maximum Gasteiger partial charge on any atom is 0.228 e. The van der Waals surface area contributed by atoms with Crippen LogP contribution in [0.1, 0.15) is 30.7 Å². The van der Waals surface area contributed by atoms with Gasteiger partial charge in [-0.05, 0) is 48.3 Å². The highest BCUT2D eigenvalue weighted by Gasteiger charge is 2.55. The van der Waals surface area contributed by atoms with Crippen molar-refractivity contribution in [1.82, 2.24) is 0 Å². The number of amides is 1. The normalized spacial score (nSPS) is 28.7. The van der Waals surface area contributed by atoms with Crippen LogP contribution in [0.15, 0.2) is 54.6 Å². The molecule has 0 heterocycles. The number of carbonyl (C=O) groups is 1. The van der Waals surface area contributed by atoms with Crippen molar-refractivity contribution >= 4 is 23.2 Å². The Morgan fingerprint density at radius 2 is 1.61 bits per heavy atom. The summed E-state index contributed by atoms with van der Waals surface area (Å²) in [6.07, 6.45) is 3.54. The molecule has 2 aromatic rings. The van der Waals surface area contributed by atoms with Crippen molar-refractivity contribution in [3.05, 3.63) is 65.2 Å². The van der Waals surface area contributed by atoms with Gasteiger partial charge in [0.05, 0.1) is 10.7 Å². The lowest BCUT2D eigenvalue weighted by Crippen LogP contribution is -2.53. The van der Waals surface area contributed by atoms with E-state index < -0.39 is 0 Å². The summed E-state index contributed by atoms with van der Waals surface area (Å²) in [4.78, 5) is 12.8. The molecule has 2 nitrogen and oxygen atoms in total. The van der Waals surface area contributed by atoms with E-state index in [1.54, 1.807) is 0 Å². The molecule has 23 heavy (non-hydrogen) atoms. The predicted molar refractivity (Wildman–Crippen MR) is 93.6 cm³/mol. The third-order valence-electron chi connectivity index (χ3n) is 5.54. The minimum Gasteiger partial charge on any atom is -0.325 e. The number of hydrogen-bond donors (Lipinski definition) is 1. The molecule has 1 N–H and O–H groups in total. The topological polar surface area (TPSA) is 29.1 Å². The van der Waals surface area contributed by atoms with E-state index in [0.29, 0.717) is 22.8 Å². The van der Waals surface area contributed by atoms with Crippen molar-refractivity contribution in [2.45, 2.75) is 25.2 Å². The molecule has 2 atom stereocenters. The summed E-state index contributed by atoms with van der Waals surface area (Å²) in [6, 6.07) is 18.1. The van der Waals surface area contributed by atoms with Gasteiger partial charge in [-0.25, -0.2) is 0 Å². The van der Waals surface area contributed by atoms with Gasteiger partial charge in [-0.2, -0.15) is 0 Å². The summed E-state index contributed by atoms with van der Waals surface area (Å²) in [5.74, 6) is 1.76. The van der Waals surface area contributed by atoms with Gasteiger partial charge >= 0.3 is 0 Å². The van der Waals surface area contributed by atoms with Crippen LogP contribution in [-0.2, 0) is 4.79 Å². The number of fused-ring (bicyclic) bond motifs is 2. The van der Waals surface area contributed by atoms with Gasteiger partial charge in [-0.3, -0.25) is 4.79 Å². The zero-order valence-electron chi connectivity index (χ0n) is 12.9. The fourth-order valence-corrected chi connectivity index (χ4v) is 4.76. The summed E-state index contributed by atoms with van der Waals surface area (Å²) in [5, 5.41) is 3.64. The van der Waals surface area contributed by atoms with Gasteiger partial charge in [0.15, 0.2) is 0 Å². The van der Waals surface area contributed by atoms with E-state index in [0.717, 1.165) is 18.5 Å². The van der Waals surface area contributed by atoms with E-state index in [1.807, 2.05) is 24.3 Å². The molecule has 2 aromatic carbocycles. The van der Waals surface area contributed by atoms with Crippen molar-refractivity contribution in [2.75, 3.05) is 5.32 Å². The minimum atomic E-state index is 0.130. The SMILES string of the molecule is O=C(Nc1ccccc1Cl)C1C2CCCC1C2c1ccccc1. The van der Waals surface area contributed by atoms with Crippen LogP contribution in [0.25, 0.3) is 0 Å². The molecular formula is C20H20ClNO. The van der Waals surface area contributed by atoms with Gasteiger partial charge in [-0.1, -0.05) is 60.5 Å². The Kier molecular flexibility index (Phi) is 3.86. The quantitative estimate of drug-likeness (QED) is 0.835. The van der Waals surface area contributed by atoms with E-state index >= 15 is 0 Å². The van der Waals surface area contributed by atoms with Crippen molar-refractivity contribution in [3.63, 3.8) is 0 Å². The molecule has 0 aromatic heterocycles. The Labute approximate surface area is 141 Å². The zero-order chi connectivity index (χ0) is 15.8. The first-order valence-corrected chi connectivity index (χ1v) is 8.74. The lowest BCUT2D eigenvalue weighted by molar-refractivity contribution is -0.135. The van der Waals surface area contributed by atoms with Crippen LogP contribution in [0, 0.1) is 17.8 Å². The molecular weight excluding hydrogens is 306 g/mol. The molecule has 1 amide bonds. The Morgan fingerprint density at radius 3 is 2.30 bits per heavy atom. The summed E-state index contributed by atoms with van der Waals surface area (Å²) >= 11 is 6.16. The highest BCUT2D eigenvalue weighted by atomic mass is 35.5. The number of halogens is 1. The van der Waals surface area contributed by atoms with Crippen LogP contribution in [0.4, 0.5) is 5.69 Å². The molecule has 0 radical (unpaired) electrons. The van der Waals surface area contributed by atoms with Crippen LogP contribution in [0.3, 0.4) is 0 Å². The number of anilines is 1. The first-order chi connectivity index (χ1) is 11.3. The monoisotopic (exact) mass is 325 g/mol. The van der Waals surface area contributed by atoms with Gasteiger partial charge in [0.1, 0.15) is 0 Å². The third-order valence-corrected chi connectivity index (χ3v) is 5.87. The van der Waals surface area contributed by atoms with Gasteiger partial charge in [-0.15, -0.1) is 0 Å². The standard InChI is InChI=1S/C20H20ClNO/c21-16-11-4-5-12-17(16)22-20(23)19-14-9-6-10-15(19)18(14)13-7-2-1-3-8-13/h1-5,7-8,11-12,14-15,18-19H,6,9-10H2,(H,22,23). The van der Waals surface area contributed by atoms with Crippen LogP contribution < -0.4 is 5.32 Å². The second kappa shape index (κ2) is 6.01. The Bertz CT molecular complexity index is 703. The molecule has 2 bridgehead atoms. The van der Waals surface area contributed by atoms with E-state index in [9.17, 15) is 4.79 Å². The second-order valence-electron chi connectivity index (χ2n) is 6.69. The number of benzene rings is 2. The second-order valence-corrected chi connectivity index (χ2v) is 7.10. The highest BCUT2D eigenvalue weighted by molar-refractivity contribution is 6.33. The molecule has 0 aliphatic heterocycles. The Balaban J connectivity index is 1.52. The fourth-order valence-electron chi connectivity index (χ4n) is 4.58. The van der Waals surface area contributed by atoms with E-state index in [2.05, 4.69) is 35.6 Å². The van der Waals surface area contributed by atoms with E-state index in [4.69, 9.17) is 11.6 Å². The van der Waals surface area contributed by atoms with Gasteiger partial charge in [0.25, 0.3) is 0 Å². The molecule has 2 aliphatic rings. The maximum atomic E-state index is 12.8. The molecule has 2 saturated carbocycles. The molecule has 118 valence electrons. The Morgan fingerprint density at radius 1 is 0.957 bits per heavy atom. The van der Waals surface area contributed by atoms with E-state index in [-0.39, 0.29) is 11.8 Å². The van der Waals surface area contributed by atoms with Gasteiger partial charge in [0.2, 0.25) is 5.91 Å².